The normalized spacial score (nSPS) is 13.9. The highest BCUT2D eigenvalue weighted by Crippen LogP contribution is 2.30. The van der Waals surface area contributed by atoms with Crippen molar-refractivity contribution in [3.8, 4) is 17.0 Å². The molecule has 0 aliphatic carbocycles. The number of aromatic amines is 1. The number of nitrogens with zero attached hydrogens (tertiary/aromatic N) is 1. The minimum atomic E-state index is 0.585. The number of carbonyl (C=O) groups excluding carboxylic acids is 1. The molecule has 0 fully saturated rings. The summed E-state index contributed by atoms with van der Waals surface area (Å²) in [5.41, 5.74) is 3.53. The van der Waals surface area contributed by atoms with Crippen molar-refractivity contribution in [1.29, 1.82) is 0 Å². The van der Waals surface area contributed by atoms with Crippen LogP contribution in [0.4, 0.5) is 0 Å². The molecular formula is C13H12N2O2. The second-order valence-corrected chi connectivity index (χ2v) is 4.09. The van der Waals surface area contributed by atoms with Gasteiger partial charge in [-0.3, -0.25) is 9.89 Å². The first-order chi connectivity index (χ1) is 8.38. The van der Waals surface area contributed by atoms with Crippen molar-refractivity contribution in [2.75, 3.05) is 6.61 Å². The van der Waals surface area contributed by atoms with Gasteiger partial charge in [0.1, 0.15) is 5.75 Å². The lowest BCUT2D eigenvalue weighted by molar-refractivity contribution is 0.112. The molecule has 4 heteroatoms. The van der Waals surface area contributed by atoms with Crippen molar-refractivity contribution in [3.05, 3.63) is 35.5 Å². The predicted molar refractivity (Wildman–Crippen MR) is 63.2 cm³/mol. The number of rotatable bonds is 2. The lowest BCUT2D eigenvalue weighted by Crippen LogP contribution is -2.08. The molecule has 0 saturated heterocycles. The van der Waals surface area contributed by atoms with E-state index in [1.807, 2.05) is 12.1 Å². The second kappa shape index (κ2) is 4.05. The van der Waals surface area contributed by atoms with Crippen LogP contribution >= 0.6 is 0 Å². The lowest BCUT2D eigenvalue weighted by Gasteiger charge is -2.17. The maximum Gasteiger partial charge on any atom is 0.153 e. The van der Waals surface area contributed by atoms with E-state index in [9.17, 15) is 4.79 Å². The molecule has 0 atom stereocenters. The van der Waals surface area contributed by atoms with Crippen molar-refractivity contribution in [3.63, 3.8) is 0 Å². The highest BCUT2D eigenvalue weighted by molar-refractivity contribution is 5.85. The Bertz CT molecular complexity index is 560. The fourth-order valence-corrected chi connectivity index (χ4v) is 2.13. The summed E-state index contributed by atoms with van der Waals surface area (Å²) in [6, 6.07) is 5.97. The van der Waals surface area contributed by atoms with Crippen LogP contribution in [0, 0.1) is 0 Å². The molecule has 0 bridgehead atoms. The number of H-pyrrole nitrogens is 1. The van der Waals surface area contributed by atoms with E-state index in [4.69, 9.17) is 4.74 Å². The van der Waals surface area contributed by atoms with E-state index in [1.165, 1.54) is 11.8 Å². The molecule has 1 N–H and O–H groups in total. The summed E-state index contributed by atoms with van der Waals surface area (Å²) in [6.07, 6.45) is 4.42. The fourth-order valence-electron chi connectivity index (χ4n) is 2.13. The Morgan fingerprint density at radius 1 is 1.41 bits per heavy atom. The SMILES string of the molecule is O=Cc1cn[nH]c1-c1ccc2c(c1)CCCO2. The van der Waals surface area contributed by atoms with Gasteiger partial charge in [-0.25, -0.2) is 0 Å². The van der Waals surface area contributed by atoms with E-state index in [0.29, 0.717) is 5.56 Å². The monoisotopic (exact) mass is 228 g/mol. The Morgan fingerprint density at radius 3 is 3.24 bits per heavy atom. The van der Waals surface area contributed by atoms with Gasteiger partial charge >= 0.3 is 0 Å². The zero-order valence-electron chi connectivity index (χ0n) is 9.27. The van der Waals surface area contributed by atoms with E-state index >= 15 is 0 Å². The molecule has 2 aromatic rings. The third kappa shape index (κ3) is 1.71. The third-order valence-corrected chi connectivity index (χ3v) is 2.99. The number of carbonyl (C=O) groups is 1. The first-order valence-corrected chi connectivity index (χ1v) is 5.63. The number of benzene rings is 1. The molecule has 17 heavy (non-hydrogen) atoms. The van der Waals surface area contributed by atoms with Gasteiger partial charge in [-0.2, -0.15) is 5.10 Å². The quantitative estimate of drug-likeness (QED) is 0.802. The molecule has 4 nitrogen and oxygen atoms in total. The average Bonchev–Trinajstić information content (AvgIpc) is 2.86. The molecule has 0 unspecified atom stereocenters. The topological polar surface area (TPSA) is 55.0 Å². The Kier molecular flexibility index (Phi) is 2.40. The summed E-state index contributed by atoms with van der Waals surface area (Å²) in [4.78, 5) is 10.9. The maximum atomic E-state index is 10.9. The van der Waals surface area contributed by atoms with Crippen LogP contribution in [-0.4, -0.2) is 23.1 Å². The highest BCUT2D eigenvalue weighted by Gasteiger charge is 2.13. The number of ether oxygens (including phenoxy) is 1. The van der Waals surface area contributed by atoms with E-state index < -0.39 is 0 Å². The van der Waals surface area contributed by atoms with E-state index in [1.54, 1.807) is 0 Å². The van der Waals surface area contributed by atoms with Crippen molar-refractivity contribution in [1.82, 2.24) is 10.2 Å². The van der Waals surface area contributed by atoms with Crippen LogP contribution in [0.3, 0.4) is 0 Å². The van der Waals surface area contributed by atoms with Crippen LogP contribution in [-0.2, 0) is 6.42 Å². The van der Waals surface area contributed by atoms with Gasteiger partial charge in [0.05, 0.1) is 24.1 Å². The van der Waals surface area contributed by atoms with E-state index in [2.05, 4.69) is 16.3 Å². The molecule has 0 spiro atoms. The molecule has 3 rings (SSSR count). The number of fused-ring (bicyclic) bond motifs is 1. The summed E-state index contributed by atoms with van der Waals surface area (Å²) < 4.78 is 5.56. The smallest absolute Gasteiger partial charge is 0.153 e. The van der Waals surface area contributed by atoms with Gasteiger partial charge in [0.2, 0.25) is 0 Å². The molecule has 86 valence electrons. The zero-order chi connectivity index (χ0) is 11.7. The minimum absolute atomic E-state index is 0.585. The van der Waals surface area contributed by atoms with Crippen molar-refractivity contribution in [2.24, 2.45) is 0 Å². The third-order valence-electron chi connectivity index (χ3n) is 2.99. The van der Waals surface area contributed by atoms with Crippen LogP contribution in [0.15, 0.2) is 24.4 Å². The first kappa shape index (κ1) is 10.1. The molecule has 0 amide bonds. The predicted octanol–water partition coefficient (Wildman–Crippen LogP) is 2.21. The number of hydrogen-bond donors (Lipinski definition) is 1. The Morgan fingerprint density at radius 2 is 2.35 bits per heavy atom. The minimum Gasteiger partial charge on any atom is -0.493 e. The molecule has 0 saturated carbocycles. The largest absolute Gasteiger partial charge is 0.493 e. The summed E-state index contributed by atoms with van der Waals surface area (Å²) in [5, 5.41) is 6.75. The van der Waals surface area contributed by atoms with E-state index in [-0.39, 0.29) is 0 Å². The molecule has 1 aliphatic heterocycles. The molecular weight excluding hydrogens is 216 g/mol. The molecule has 0 radical (unpaired) electrons. The highest BCUT2D eigenvalue weighted by atomic mass is 16.5. The number of aldehydes is 1. The number of hydrogen-bond acceptors (Lipinski definition) is 3. The van der Waals surface area contributed by atoms with Gasteiger partial charge in [-0.15, -0.1) is 0 Å². The number of nitrogens with one attached hydrogen (secondary N) is 1. The number of aryl methyl sites for hydroxylation is 1. The fraction of sp³-hybridized carbons (Fsp3) is 0.231. The maximum absolute atomic E-state index is 10.9. The van der Waals surface area contributed by atoms with Gasteiger partial charge in [0.15, 0.2) is 6.29 Å². The van der Waals surface area contributed by atoms with Gasteiger partial charge < -0.3 is 4.74 Å². The summed E-state index contributed by atoms with van der Waals surface area (Å²) in [7, 11) is 0. The molecule has 1 aromatic carbocycles. The first-order valence-electron chi connectivity index (χ1n) is 5.63. The second-order valence-electron chi connectivity index (χ2n) is 4.09. The standard InChI is InChI=1S/C13H12N2O2/c16-8-11-7-14-15-13(11)10-3-4-12-9(6-10)2-1-5-17-12/h3-4,6-8H,1-2,5H2,(H,14,15). The van der Waals surface area contributed by atoms with Crippen LogP contribution in [0.1, 0.15) is 22.3 Å². The van der Waals surface area contributed by atoms with Crippen molar-refractivity contribution < 1.29 is 9.53 Å². The zero-order valence-corrected chi connectivity index (χ0v) is 9.27. The lowest BCUT2D eigenvalue weighted by atomic mass is 10.0. The van der Waals surface area contributed by atoms with Crippen molar-refractivity contribution >= 4 is 6.29 Å². The van der Waals surface area contributed by atoms with Gasteiger partial charge in [0.25, 0.3) is 0 Å². The van der Waals surface area contributed by atoms with Crippen LogP contribution in [0.2, 0.25) is 0 Å². The van der Waals surface area contributed by atoms with E-state index in [0.717, 1.165) is 42.7 Å². The van der Waals surface area contributed by atoms with Gasteiger partial charge in [0, 0.05) is 5.56 Å². The molecule has 1 aromatic heterocycles. The summed E-state index contributed by atoms with van der Waals surface area (Å²) >= 11 is 0. The van der Waals surface area contributed by atoms with Crippen molar-refractivity contribution in [2.45, 2.75) is 12.8 Å². The Hall–Kier alpha value is -2.10. The Labute approximate surface area is 98.6 Å². The Balaban J connectivity index is 2.07. The van der Waals surface area contributed by atoms with Crippen LogP contribution < -0.4 is 4.74 Å². The summed E-state index contributed by atoms with van der Waals surface area (Å²) in [5.74, 6) is 0.951. The average molecular weight is 228 g/mol. The number of aromatic nitrogens is 2. The van der Waals surface area contributed by atoms with Crippen LogP contribution in [0.5, 0.6) is 5.75 Å². The molecule has 2 heterocycles. The van der Waals surface area contributed by atoms with Crippen LogP contribution in [0.25, 0.3) is 11.3 Å². The molecule has 1 aliphatic rings. The summed E-state index contributed by atoms with van der Waals surface area (Å²) in [6.45, 7) is 0.788. The van der Waals surface area contributed by atoms with Gasteiger partial charge in [-0.05, 0) is 36.6 Å². The van der Waals surface area contributed by atoms with Gasteiger partial charge in [-0.1, -0.05) is 0 Å².